The lowest BCUT2D eigenvalue weighted by molar-refractivity contribution is -0.0454. The molecule has 1 rings (SSSR count). The summed E-state index contributed by atoms with van der Waals surface area (Å²) in [6.45, 7) is 11.3. The number of nitrogens with zero attached hydrogens (tertiary/aromatic N) is 1. The van der Waals surface area contributed by atoms with E-state index in [0.717, 1.165) is 26.3 Å². The summed E-state index contributed by atoms with van der Waals surface area (Å²) in [6, 6.07) is 0. The molecule has 1 fully saturated rings. The first kappa shape index (κ1) is 10.0. The van der Waals surface area contributed by atoms with Crippen molar-refractivity contribution < 1.29 is 4.74 Å². The van der Waals surface area contributed by atoms with Crippen molar-refractivity contribution in [2.45, 2.75) is 19.4 Å². The molecule has 12 heavy (non-hydrogen) atoms. The Bertz CT molecular complexity index is 179. The van der Waals surface area contributed by atoms with Crippen LogP contribution in [-0.2, 0) is 4.74 Å². The van der Waals surface area contributed by atoms with Crippen LogP contribution in [0.5, 0.6) is 0 Å². The number of hydrogen-bond acceptors (Lipinski definition) is 2. The van der Waals surface area contributed by atoms with Gasteiger partial charge in [0.2, 0.25) is 0 Å². The molecular formula is C9H16ClNO. The average Bonchev–Trinajstić information content (AvgIpc) is 1.92. The van der Waals surface area contributed by atoms with Crippen molar-refractivity contribution >= 4 is 11.6 Å². The molecule has 0 aliphatic carbocycles. The predicted molar refractivity (Wildman–Crippen MR) is 51.5 cm³/mol. The summed E-state index contributed by atoms with van der Waals surface area (Å²) in [7, 11) is 0. The highest BCUT2D eigenvalue weighted by Crippen LogP contribution is 2.20. The van der Waals surface area contributed by atoms with Gasteiger partial charge in [-0.2, -0.15) is 0 Å². The summed E-state index contributed by atoms with van der Waals surface area (Å²) >= 11 is 5.76. The average molecular weight is 190 g/mol. The Labute approximate surface area is 79.1 Å². The van der Waals surface area contributed by atoms with Crippen molar-refractivity contribution in [1.29, 1.82) is 0 Å². The van der Waals surface area contributed by atoms with Crippen molar-refractivity contribution in [3.8, 4) is 0 Å². The van der Waals surface area contributed by atoms with E-state index in [2.05, 4.69) is 25.3 Å². The lowest BCUT2D eigenvalue weighted by Crippen LogP contribution is -2.53. The Morgan fingerprint density at radius 3 is 2.83 bits per heavy atom. The molecule has 0 atom stereocenters. The van der Waals surface area contributed by atoms with E-state index >= 15 is 0 Å². The molecule has 0 saturated carbocycles. The summed E-state index contributed by atoms with van der Waals surface area (Å²) in [6.07, 6.45) is 0. The predicted octanol–water partition coefficient (Wildman–Crippen LogP) is 1.85. The quantitative estimate of drug-likeness (QED) is 0.658. The maximum absolute atomic E-state index is 5.76. The minimum Gasteiger partial charge on any atom is -0.378 e. The maximum atomic E-state index is 5.76. The molecule has 0 radical (unpaired) electrons. The Morgan fingerprint density at radius 1 is 1.67 bits per heavy atom. The number of hydrogen-bond donors (Lipinski definition) is 0. The zero-order valence-corrected chi connectivity index (χ0v) is 8.52. The molecule has 1 aliphatic rings. The smallest absolute Gasteiger partial charge is 0.0645 e. The number of ether oxygens (including phenoxy) is 1. The van der Waals surface area contributed by atoms with Crippen LogP contribution in [0, 0.1) is 0 Å². The van der Waals surface area contributed by atoms with Crippen molar-refractivity contribution in [2.75, 3.05) is 26.3 Å². The largest absolute Gasteiger partial charge is 0.378 e. The fourth-order valence-corrected chi connectivity index (χ4v) is 1.54. The minimum absolute atomic E-state index is 0.0933. The van der Waals surface area contributed by atoms with Gasteiger partial charge < -0.3 is 4.74 Å². The Morgan fingerprint density at radius 2 is 2.33 bits per heavy atom. The molecule has 1 aliphatic heterocycles. The lowest BCUT2D eigenvalue weighted by Gasteiger charge is -2.41. The van der Waals surface area contributed by atoms with E-state index in [-0.39, 0.29) is 5.54 Å². The monoisotopic (exact) mass is 189 g/mol. The van der Waals surface area contributed by atoms with Gasteiger partial charge in [-0.25, -0.2) is 0 Å². The van der Waals surface area contributed by atoms with Crippen LogP contribution in [0.1, 0.15) is 13.8 Å². The number of halogens is 1. The third-order valence-corrected chi connectivity index (χ3v) is 2.30. The van der Waals surface area contributed by atoms with Crippen molar-refractivity contribution in [3.05, 3.63) is 11.6 Å². The van der Waals surface area contributed by atoms with Crippen molar-refractivity contribution in [1.82, 2.24) is 4.90 Å². The van der Waals surface area contributed by atoms with Crippen LogP contribution < -0.4 is 0 Å². The van der Waals surface area contributed by atoms with Gasteiger partial charge in [-0.1, -0.05) is 18.2 Å². The number of morpholine rings is 1. The number of rotatable bonds is 2. The molecule has 70 valence electrons. The van der Waals surface area contributed by atoms with Gasteiger partial charge in [-0.3, -0.25) is 4.90 Å². The lowest BCUT2D eigenvalue weighted by atomic mass is 10.0. The van der Waals surface area contributed by atoms with Gasteiger partial charge in [0.1, 0.15) is 0 Å². The van der Waals surface area contributed by atoms with Gasteiger partial charge in [0.15, 0.2) is 0 Å². The molecule has 1 heterocycles. The summed E-state index contributed by atoms with van der Waals surface area (Å²) in [5.41, 5.74) is 0.0933. The second-order valence-corrected chi connectivity index (χ2v) is 4.34. The van der Waals surface area contributed by atoms with Gasteiger partial charge in [-0.15, -0.1) is 0 Å². The molecule has 0 aromatic carbocycles. The van der Waals surface area contributed by atoms with E-state index in [4.69, 9.17) is 16.3 Å². The van der Waals surface area contributed by atoms with Crippen molar-refractivity contribution in [3.63, 3.8) is 0 Å². The summed E-state index contributed by atoms with van der Waals surface area (Å²) in [5.74, 6) is 0. The highest BCUT2D eigenvalue weighted by atomic mass is 35.5. The molecule has 0 unspecified atom stereocenters. The Kier molecular flexibility index (Phi) is 3.16. The van der Waals surface area contributed by atoms with Crippen LogP contribution in [0.25, 0.3) is 0 Å². The topological polar surface area (TPSA) is 12.5 Å². The van der Waals surface area contributed by atoms with Gasteiger partial charge in [-0.05, 0) is 13.8 Å². The van der Waals surface area contributed by atoms with Crippen LogP contribution in [0.3, 0.4) is 0 Å². The van der Waals surface area contributed by atoms with Gasteiger partial charge >= 0.3 is 0 Å². The van der Waals surface area contributed by atoms with E-state index in [9.17, 15) is 0 Å². The van der Waals surface area contributed by atoms with E-state index in [1.54, 1.807) is 0 Å². The molecular weight excluding hydrogens is 174 g/mol. The van der Waals surface area contributed by atoms with Crippen LogP contribution in [0.2, 0.25) is 0 Å². The van der Waals surface area contributed by atoms with Gasteiger partial charge in [0.25, 0.3) is 0 Å². The molecule has 0 spiro atoms. The van der Waals surface area contributed by atoms with Crippen LogP contribution >= 0.6 is 11.6 Å². The van der Waals surface area contributed by atoms with E-state index in [0.29, 0.717) is 5.03 Å². The Hall–Kier alpha value is -0.0500. The summed E-state index contributed by atoms with van der Waals surface area (Å²) < 4.78 is 5.38. The van der Waals surface area contributed by atoms with E-state index in [1.807, 2.05) is 0 Å². The molecule has 0 bridgehead atoms. The second-order valence-electron chi connectivity index (χ2n) is 3.80. The fourth-order valence-electron chi connectivity index (χ4n) is 1.39. The minimum atomic E-state index is 0.0933. The Balaban J connectivity index is 2.54. The molecule has 2 nitrogen and oxygen atoms in total. The molecule has 1 saturated heterocycles. The SMILES string of the molecule is C=C(Cl)CN1CCOCC1(C)C. The highest BCUT2D eigenvalue weighted by molar-refractivity contribution is 6.29. The van der Waals surface area contributed by atoms with Gasteiger partial charge in [0.05, 0.1) is 13.2 Å². The van der Waals surface area contributed by atoms with Crippen LogP contribution in [0.15, 0.2) is 11.6 Å². The standard InChI is InChI=1S/C9H16ClNO/c1-8(10)6-11-4-5-12-7-9(11,2)3/h1,4-7H2,2-3H3. The third-order valence-electron chi connectivity index (χ3n) is 2.18. The zero-order valence-electron chi connectivity index (χ0n) is 7.77. The normalized spacial score (nSPS) is 23.9. The van der Waals surface area contributed by atoms with E-state index in [1.165, 1.54) is 0 Å². The summed E-state index contributed by atoms with van der Waals surface area (Å²) in [4.78, 5) is 2.30. The van der Waals surface area contributed by atoms with Gasteiger partial charge in [0, 0.05) is 23.7 Å². The first-order chi connectivity index (χ1) is 5.52. The third kappa shape index (κ3) is 2.47. The van der Waals surface area contributed by atoms with E-state index < -0.39 is 0 Å². The first-order valence-electron chi connectivity index (χ1n) is 4.18. The zero-order chi connectivity index (χ0) is 9.19. The molecule has 0 aromatic rings. The maximum Gasteiger partial charge on any atom is 0.0645 e. The van der Waals surface area contributed by atoms with Crippen LogP contribution in [0.4, 0.5) is 0 Å². The molecule has 0 aromatic heterocycles. The fraction of sp³-hybridized carbons (Fsp3) is 0.778. The van der Waals surface area contributed by atoms with Crippen molar-refractivity contribution in [2.24, 2.45) is 0 Å². The highest BCUT2D eigenvalue weighted by Gasteiger charge is 2.30. The summed E-state index contributed by atoms with van der Waals surface area (Å²) in [5, 5.41) is 0.699. The molecule has 0 amide bonds. The molecule has 0 N–H and O–H groups in total. The first-order valence-corrected chi connectivity index (χ1v) is 4.56. The molecule has 3 heteroatoms. The second kappa shape index (κ2) is 3.77. The van der Waals surface area contributed by atoms with Crippen LogP contribution in [-0.4, -0.2) is 36.7 Å².